The highest BCUT2D eigenvalue weighted by molar-refractivity contribution is 6.32. The lowest BCUT2D eigenvalue weighted by atomic mass is 9.80. The average molecular weight is 242 g/mol. The first-order chi connectivity index (χ1) is 7.59. The Morgan fingerprint density at radius 2 is 2.31 bits per heavy atom. The third kappa shape index (κ3) is 2.07. The van der Waals surface area contributed by atoms with Gasteiger partial charge >= 0.3 is 0 Å². The summed E-state index contributed by atoms with van der Waals surface area (Å²) < 4.78 is 1.24. The fraction of sp³-hybridized carbons (Fsp3) is 0.636. The molecule has 1 saturated carbocycles. The summed E-state index contributed by atoms with van der Waals surface area (Å²) in [5.41, 5.74) is 0.386. The summed E-state index contributed by atoms with van der Waals surface area (Å²) >= 11 is 5.97. The van der Waals surface area contributed by atoms with E-state index < -0.39 is 0 Å². The topological polar surface area (TPSA) is 46.9 Å². The van der Waals surface area contributed by atoms with Gasteiger partial charge in [-0.2, -0.15) is 5.10 Å². The van der Waals surface area contributed by atoms with Crippen molar-refractivity contribution >= 4 is 17.3 Å². The van der Waals surface area contributed by atoms with E-state index in [-0.39, 0.29) is 10.6 Å². The first-order valence-electron chi connectivity index (χ1n) is 5.58. The standard InChI is InChI=1S/C11H16ClN3O/c1-7(8-4-3-5-8)14-9-6-13-15(2)11(16)10(9)12/h6-8,14H,3-5H2,1-2H3. The summed E-state index contributed by atoms with van der Waals surface area (Å²) in [4.78, 5) is 11.6. The summed E-state index contributed by atoms with van der Waals surface area (Å²) in [5, 5.41) is 7.45. The maximum absolute atomic E-state index is 11.6. The second-order valence-corrected chi connectivity index (χ2v) is 4.80. The highest BCUT2D eigenvalue weighted by Gasteiger charge is 2.24. The minimum atomic E-state index is -0.257. The molecule has 0 bridgehead atoms. The van der Waals surface area contributed by atoms with E-state index in [4.69, 9.17) is 11.6 Å². The van der Waals surface area contributed by atoms with Crippen molar-refractivity contribution < 1.29 is 0 Å². The molecular weight excluding hydrogens is 226 g/mol. The third-order valence-corrected chi connectivity index (χ3v) is 3.68. The smallest absolute Gasteiger partial charge is 0.287 e. The van der Waals surface area contributed by atoms with Gasteiger partial charge in [0, 0.05) is 13.1 Å². The van der Waals surface area contributed by atoms with Gasteiger partial charge in [-0.25, -0.2) is 4.68 Å². The van der Waals surface area contributed by atoms with Gasteiger partial charge in [0.1, 0.15) is 5.02 Å². The van der Waals surface area contributed by atoms with E-state index in [2.05, 4.69) is 17.3 Å². The number of nitrogens with zero attached hydrogens (tertiary/aromatic N) is 2. The van der Waals surface area contributed by atoms with Crippen LogP contribution in [-0.2, 0) is 7.05 Å². The lowest BCUT2D eigenvalue weighted by Gasteiger charge is -2.32. The quantitative estimate of drug-likeness (QED) is 0.881. The van der Waals surface area contributed by atoms with Crippen LogP contribution in [0.4, 0.5) is 5.69 Å². The molecule has 1 aliphatic carbocycles. The molecule has 1 N–H and O–H groups in total. The number of halogens is 1. The Hall–Kier alpha value is -1.03. The van der Waals surface area contributed by atoms with Crippen LogP contribution in [0.25, 0.3) is 0 Å². The van der Waals surface area contributed by atoms with E-state index in [1.54, 1.807) is 13.2 Å². The van der Waals surface area contributed by atoms with Crippen molar-refractivity contribution in [3.05, 3.63) is 21.6 Å². The molecule has 1 unspecified atom stereocenters. The Kier molecular flexibility index (Phi) is 3.19. The maximum Gasteiger partial charge on any atom is 0.287 e. The van der Waals surface area contributed by atoms with Gasteiger partial charge in [0.25, 0.3) is 5.56 Å². The fourth-order valence-electron chi connectivity index (χ4n) is 1.91. The fourth-order valence-corrected chi connectivity index (χ4v) is 2.14. The third-order valence-electron chi connectivity index (χ3n) is 3.32. The van der Waals surface area contributed by atoms with Crippen molar-refractivity contribution in [1.82, 2.24) is 9.78 Å². The van der Waals surface area contributed by atoms with Crippen LogP contribution in [0.3, 0.4) is 0 Å². The molecule has 1 fully saturated rings. The zero-order valence-corrected chi connectivity index (χ0v) is 10.3. The molecule has 0 radical (unpaired) electrons. The van der Waals surface area contributed by atoms with Gasteiger partial charge in [-0.3, -0.25) is 4.79 Å². The minimum Gasteiger partial charge on any atom is -0.380 e. The van der Waals surface area contributed by atoms with E-state index in [9.17, 15) is 4.79 Å². The Morgan fingerprint density at radius 1 is 1.62 bits per heavy atom. The Balaban J connectivity index is 2.15. The summed E-state index contributed by atoms with van der Waals surface area (Å²) in [7, 11) is 1.59. The van der Waals surface area contributed by atoms with Crippen LogP contribution in [0.2, 0.25) is 5.02 Å². The van der Waals surface area contributed by atoms with Gasteiger partial charge in [-0.1, -0.05) is 18.0 Å². The number of aromatic nitrogens is 2. The molecule has 88 valence electrons. The van der Waals surface area contributed by atoms with Crippen molar-refractivity contribution in [2.75, 3.05) is 5.32 Å². The molecule has 1 aliphatic rings. The number of anilines is 1. The van der Waals surface area contributed by atoms with Crippen LogP contribution in [0.1, 0.15) is 26.2 Å². The average Bonchev–Trinajstić information content (AvgIpc) is 2.16. The van der Waals surface area contributed by atoms with Crippen LogP contribution < -0.4 is 10.9 Å². The number of hydrogen-bond acceptors (Lipinski definition) is 3. The second-order valence-electron chi connectivity index (χ2n) is 4.42. The molecule has 1 aromatic rings. The minimum absolute atomic E-state index is 0.226. The van der Waals surface area contributed by atoms with Crippen LogP contribution in [0.15, 0.2) is 11.0 Å². The van der Waals surface area contributed by atoms with E-state index >= 15 is 0 Å². The van der Waals surface area contributed by atoms with Crippen molar-refractivity contribution in [2.24, 2.45) is 13.0 Å². The van der Waals surface area contributed by atoms with E-state index in [1.807, 2.05) is 0 Å². The summed E-state index contributed by atoms with van der Waals surface area (Å²) in [6.45, 7) is 2.12. The SMILES string of the molecule is CC(Nc1cnn(C)c(=O)c1Cl)C1CCC1. The first-order valence-corrected chi connectivity index (χ1v) is 5.95. The van der Waals surface area contributed by atoms with E-state index in [0.29, 0.717) is 17.6 Å². The summed E-state index contributed by atoms with van der Waals surface area (Å²) in [6.07, 6.45) is 5.42. The Morgan fingerprint density at radius 3 is 2.88 bits per heavy atom. The molecule has 1 heterocycles. The lowest BCUT2D eigenvalue weighted by Crippen LogP contribution is -2.32. The van der Waals surface area contributed by atoms with E-state index in [0.717, 1.165) is 0 Å². The number of hydrogen-bond donors (Lipinski definition) is 1. The molecule has 0 saturated heterocycles. The highest BCUT2D eigenvalue weighted by Crippen LogP contribution is 2.31. The Labute approximate surface area is 99.6 Å². The van der Waals surface area contributed by atoms with Crippen molar-refractivity contribution in [3.8, 4) is 0 Å². The molecule has 0 aromatic carbocycles. The van der Waals surface area contributed by atoms with Crippen LogP contribution >= 0.6 is 11.6 Å². The predicted octanol–water partition coefficient (Wildman–Crippen LogP) is 2.03. The van der Waals surface area contributed by atoms with Crippen LogP contribution in [0, 0.1) is 5.92 Å². The molecule has 1 atom stereocenters. The van der Waals surface area contributed by atoms with Crippen LogP contribution in [0.5, 0.6) is 0 Å². The molecule has 0 aliphatic heterocycles. The maximum atomic E-state index is 11.6. The molecule has 4 nitrogen and oxygen atoms in total. The van der Waals surface area contributed by atoms with Gasteiger partial charge < -0.3 is 5.32 Å². The largest absolute Gasteiger partial charge is 0.380 e. The molecule has 0 amide bonds. The van der Waals surface area contributed by atoms with Crippen molar-refractivity contribution in [2.45, 2.75) is 32.2 Å². The summed E-state index contributed by atoms with van der Waals surface area (Å²) in [5.74, 6) is 0.695. The number of rotatable bonds is 3. The molecular formula is C11H16ClN3O. The predicted molar refractivity (Wildman–Crippen MR) is 64.9 cm³/mol. The first kappa shape index (κ1) is 11.5. The zero-order chi connectivity index (χ0) is 11.7. The monoisotopic (exact) mass is 241 g/mol. The van der Waals surface area contributed by atoms with E-state index in [1.165, 1.54) is 23.9 Å². The highest BCUT2D eigenvalue weighted by atomic mass is 35.5. The molecule has 1 aromatic heterocycles. The van der Waals surface area contributed by atoms with Gasteiger partial charge in [0.15, 0.2) is 0 Å². The molecule has 0 spiro atoms. The van der Waals surface area contributed by atoms with Gasteiger partial charge in [-0.15, -0.1) is 0 Å². The lowest BCUT2D eigenvalue weighted by molar-refractivity contribution is 0.285. The van der Waals surface area contributed by atoms with Crippen molar-refractivity contribution in [1.29, 1.82) is 0 Å². The van der Waals surface area contributed by atoms with Gasteiger partial charge in [-0.05, 0) is 25.7 Å². The summed E-state index contributed by atoms with van der Waals surface area (Å²) in [6, 6.07) is 0.347. The van der Waals surface area contributed by atoms with Crippen molar-refractivity contribution in [3.63, 3.8) is 0 Å². The normalized spacial score (nSPS) is 17.9. The van der Waals surface area contributed by atoms with Gasteiger partial charge in [0.05, 0.1) is 11.9 Å². The second kappa shape index (κ2) is 4.45. The molecule has 2 rings (SSSR count). The Bertz CT molecular complexity index is 439. The molecule has 16 heavy (non-hydrogen) atoms. The molecule has 5 heteroatoms. The number of nitrogens with one attached hydrogen (secondary N) is 1. The number of aryl methyl sites for hydroxylation is 1. The van der Waals surface area contributed by atoms with Gasteiger partial charge in [0.2, 0.25) is 0 Å². The van der Waals surface area contributed by atoms with Crippen LogP contribution in [-0.4, -0.2) is 15.8 Å². The zero-order valence-electron chi connectivity index (χ0n) is 9.53.